The molecule has 3 rings (SSSR count). The molecule has 1 aromatic heterocycles. The van der Waals surface area contributed by atoms with Crippen molar-refractivity contribution < 1.29 is 24.3 Å². The lowest BCUT2D eigenvalue weighted by Crippen LogP contribution is -2.38. The molecule has 11 heteroatoms. The van der Waals surface area contributed by atoms with Crippen LogP contribution in [0, 0.1) is 11.8 Å². The molecular formula is C25H36N6O5. The Bertz CT molecular complexity index is 987. The zero-order valence-corrected chi connectivity index (χ0v) is 20.7. The smallest absolute Gasteiger partial charge is 0.244 e. The highest BCUT2D eigenvalue weighted by atomic mass is 16.5. The lowest BCUT2D eigenvalue weighted by molar-refractivity contribution is -0.136. The first-order valence-corrected chi connectivity index (χ1v) is 12.5. The van der Waals surface area contributed by atoms with Crippen molar-refractivity contribution in [1.82, 2.24) is 25.8 Å². The number of unbranched alkanes of at least 4 members (excludes halogenated alkanes) is 1. The first-order chi connectivity index (χ1) is 17.5. The summed E-state index contributed by atoms with van der Waals surface area (Å²) in [5.74, 6) is -0.417. The average molecular weight is 501 g/mol. The summed E-state index contributed by atoms with van der Waals surface area (Å²) in [4.78, 5) is 36.7. The number of carbonyl (C=O) groups excluding carboxylic acids is 3. The Hall–Kier alpha value is -3.47. The number of amides is 3. The Morgan fingerprint density at radius 1 is 1.11 bits per heavy atom. The van der Waals surface area contributed by atoms with E-state index in [9.17, 15) is 14.4 Å². The maximum absolute atomic E-state index is 12.8. The Morgan fingerprint density at radius 2 is 1.86 bits per heavy atom. The second-order valence-electron chi connectivity index (χ2n) is 9.17. The number of carbonyl (C=O) groups is 3. The molecule has 0 saturated heterocycles. The monoisotopic (exact) mass is 500 g/mol. The van der Waals surface area contributed by atoms with E-state index in [1.54, 1.807) is 47.7 Å². The van der Waals surface area contributed by atoms with Gasteiger partial charge in [0.25, 0.3) is 0 Å². The number of nitrogens with zero attached hydrogens (tertiary/aromatic N) is 3. The topological polar surface area (TPSA) is 147 Å². The number of methoxy groups -OCH3 is 1. The van der Waals surface area contributed by atoms with E-state index in [4.69, 9.17) is 9.94 Å². The van der Waals surface area contributed by atoms with Gasteiger partial charge in [-0.1, -0.05) is 24.5 Å². The highest BCUT2D eigenvalue weighted by Gasteiger charge is 2.31. The standard InChI is InChI=1S/C25H36N6O5/c1-36-21-12-10-19(11-13-21)27-23(32)9-5-6-14-31-17-20(28-30-31)16-26-25(34)22(15-24(33)29-35)18-7-3-2-4-8-18/h10-13,17-18,22,35H,2-9,14-16H2,1H3,(H,26,34)(H,27,32)(H,29,33). The van der Waals surface area contributed by atoms with Gasteiger partial charge in [0.05, 0.1) is 19.9 Å². The summed E-state index contributed by atoms with van der Waals surface area (Å²) >= 11 is 0. The largest absolute Gasteiger partial charge is 0.497 e. The number of nitrogens with one attached hydrogen (secondary N) is 3. The summed E-state index contributed by atoms with van der Waals surface area (Å²) in [6, 6.07) is 7.18. The van der Waals surface area contributed by atoms with Crippen LogP contribution in [-0.2, 0) is 27.5 Å². The number of hydrogen-bond donors (Lipinski definition) is 4. The Kier molecular flexibility index (Phi) is 10.7. The fourth-order valence-corrected chi connectivity index (χ4v) is 4.55. The Morgan fingerprint density at radius 3 is 2.56 bits per heavy atom. The number of hydroxylamine groups is 1. The number of aromatic nitrogens is 3. The molecule has 0 spiro atoms. The van der Waals surface area contributed by atoms with Gasteiger partial charge in [0, 0.05) is 31.0 Å². The van der Waals surface area contributed by atoms with Gasteiger partial charge in [-0.3, -0.25) is 24.3 Å². The van der Waals surface area contributed by atoms with Gasteiger partial charge in [0.2, 0.25) is 17.7 Å². The Labute approximate surface area is 210 Å². The quantitative estimate of drug-likeness (QED) is 0.188. The van der Waals surface area contributed by atoms with Crippen LogP contribution in [0.15, 0.2) is 30.5 Å². The fourth-order valence-electron chi connectivity index (χ4n) is 4.55. The molecule has 0 bridgehead atoms. The number of ether oxygens (including phenoxy) is 1. The number of hydrogen-bond acceptors (Lipinski definition) is 7. The SMILES string of the molecule is COc1ccc(NC(=O)CCCCn2cc(CNC(=O)C(CC(=O)NO)C3CCCCC3)nn2)cc1. The van der Waals surface area contributed by atoms with E-state index in [2.05, 4.69) is 20.9 Å². The van der Waals surface area contributed by atoms with E-state index in [1.165, 1.54) is 0 Å². The van der Waals surface area contributed by atoms with Gasteiger partial charge in [-0.2, -0.15) is 0 Å². The van der Waals surface area contributed by atoms with Crippen LogP contribution in [0.1, 0.15) is 63.5 Å². The molecule has 1 unspecified atom stereocenters. The van der Waals surface area contributed by atoms with Crippen molar-refractivity contribution in [3.8, 4) is 5.75 Å². The van der Waals surface area contributed by atoms with Crippen LogP contribution < -0.4 is 20.9 Å². The van der Waals surface area contributed by atoms with Gasteiger partial charge in [-0.25, -0.2) is 5.48 Å². The number of anilines is 1. The van der Waals surface area contributed by atoms with Gasteiger partial charge < -0.3 is 15.4 Å². The van der Waals surface area contributed by atoms with E-state index < -0.39 is 11.8 Å². The summed E-state index contributed by atoms with van der Waals surface area (Å²) in [6.45, 7) is 0.825. The highest BCUT2D eigenvalue weighted by Crippen LogP contribution is 2.32. The average Bonchev–Trinajstić information content (AvgIpc) is 3.37. The van der Waals surface area contributed by atoms with Crippen LogP contribution in [-0.4, -0.2) is 45.0 Å². The molecule has 1 aliphatic rings. The van der Waals surface area contributed by atoms with E-state index in [0.717, 1.165) is 50.0 Å². The van der Waals surface area contributed by atoms with E-state index in [1.807, 2.05) is 0 Å². The first kappa shape index (κ1) is 27.1. The van der Waals surface area contributed by atoms with Crippen molar-refractivity contribution in [2.45, 2.75) is 70.9 Å². The second-order valence-corrected chi connectivity index (χ2v) is 9.17. The molecule has 4 N–H and O–H groups in total. The third-order valence-electron chi connectivity index (χ3n) is 6.53. The molecule has 0 radical (unpaired) electrons. The third-order valence-corrected chi connectivity index (χ3v) is 6.53. The van der Waals surface area contributed by atoms with Gasteiger partial charge >= 0.3 is 0 Å². The number of aryl methyl sites for hydroxylation is 1. The minimum absolute atomic E-state index is 0.0360. The number of benzene rings is 1. The van der Waals surface area contributed by atoms with E-state index in [-0.39, 0.29) is 30.7 Å². The summed E-state index contributed by atoms with van der Waals surface area (Å²) < 4.78 is 6.80. The first-order valence-electron chi connectivity index (χ1n) is 12.5. The minimum atomic E-state index is -0.552. The predicted molar refractivity (Wildman–Crippen MR) is 132 cm³/mol. The molecule has 1 aliphatic carbocycles. The molecule has 1 atom stereocenters. The molecule has 0 aliphatic heterocycles. The third kappa shape index (κ3) is 8.63. The highest BCUT2D eigenvalue weighted by molar-refractivity contribution is 5.90. The summed E-state index contributed by atoms with van der Waals surface area (Å²) in [7, 11) is 1.59. The molecular weight excluding hydrogens is 464 g/mol. The molecule has 1 saturated carbocycles. The second kappa shape index (κ2) is 14.2. The maximum Gasteiger partial charge on any atom is 0.244 e. The summed E-state index contributed by atoms with van der Waals surface area (Å²) in [6.07, 6.45) is 8.64. The molecule has 1 fully saturated rings. The zero-order valence-electron chi connectivity index (χ0n) is 20.7. The lowest BCUT2D eigenvalue weighted by Gasteiger charge is -2.28. The molecule has 36 heavy (non-hydrogen) atoms. The van der Waals surface area contributed by atoms with E-state index >= 15 is 0 Å². The normalized spacial score (nSPS) is 14.6. The summed E-state index contributed by atoms with van der Waals surface area (Å²) in [5, 5.41) is 22.8. The number of rotatable bonds is 13. The van der Waals surface area contributed by atoms with Crippen molar-refractivity contribution in [3.05, 3.63) is 36.2 Å². The van der Waals surface area contributed by atoms with Crippen molar-refractivity contribution in [1.29, 1.82) is 0 Å². The zero-order chi connectivity index (χ0) is 25.8. The molecule has 1 aromatic carbocycles. The molecule has 1 heterocycles. The van der Waals surface area contributed by atoms with Gasteiger partial charge in [-0.15, -0.1) is 5.10 Å². The van der Waals surface area contributed by atoms with Gasteiger partial charge in [-0.05, 0) is 55.9 Å². The molecule has 3 amide bonds. The maximum atomic E-state index is 12.8. The van der Waals surface area contributed by atoms with Gasteiger partial charge in [0.15, 0.2) is 0 Å². The van der Waals surface area contributed by atoms with Gasteiger partial charge in [0.1, 0.15) is 11.4 Å². The minimum Gasteiger partial charge on any atom is -0.497 e. The van der Waals surface area contributed by atoms with Crippen LogP contribution in [0.4, 0.5) is 5.69 Å². The predicted octanol–water partition coefficient (Wildman–Crippen LogP) is 2.80. The molecule has 196 valence electrons. The van der Waals surface area contributed by atoms with Crippen molar-refractivity contribution in [2.75, 3.05) is 12.4 Å². The van der Waals surface area contributed by atoms with Crippen LogP contribution in [0.5, 0.6) is 5.75 Å². The Balaban J connectivity index is 1.38. The lowest BCUT2D eigenvalue weighted by atomic mass is 9.78. The van der Waals surface area contributed by atoms with Crippen LogP contribution >= 0.6 is 0 Å². The summed E-state index contributed by atoms with van der Waals surface area (Å²) in [5.41, 5.74) is 2.99. The van der Waals surface area contributed by atoms with E-state index in [0.29, 0.717) is 25.1 Å². The fraction of sp³-hybridized carbons (Fsp3) is 0.560. The van der Waals surface area contributed by atoms with Crippen LogP contribution in [0.25, 0.3) is 0 Å². The van der Waals surface area contributed by atoms with Crippen molar-refractivity contribution in [2.24, 2.45) is 11.8 Å². The van der Waals surface area contributed by atoms with Crippen LogP contribution in [0.3, 0.4) is 0 Å². The molecule has 2 aromatic rings. The van der Waals surface area contributed by atoms with Crippen molar-refractivity contribution >= 4 is 23.4 Å². The van der Waals surface area contributed by atoms with Crippen LogP contribution in [0.2, 0.25) is 0 Å². The van der Waals surface area contributed by atoms with Crippen molar-refractivity contribution in [3.63, 3.8) is 0 Å². The molecule has 11 nitrogen and oxygen atoms in total.